The molecule has 8 nitrogen and oxygen atoms in total. The first-order valence-corrected chi connectivity index (χ1v) is 13.7. The first kappa shape index (κ1) is 28.1. The van der Waals surface area contributed by atoms with Crippen LogP contribution in [0.1, 0.15) is 0 Å². The SMILES string of the molecule is CS(=O)(=O)[N-]c1ccccc1-c1ccccn1.CS(=O)(=O)[N-]c1ccccc1-c1ccccn1.[Zn+2]. The summed E-state index contributed by atoms with van der Waals surface area (Å²) in [6.07, 6.45) is 5.46. The Hall–Kier alpha value is -3.14. The fraction of sp³-hybridized carbons (Fsp3) is 0.0833. The van der Waals surface area contributed by atoms with E-state index in [1.165, 1.54) is 0 Å². The third-order valence-electron chi connectivity index (χ3n) is 4.22. The fourth-order valence-corrected chi connectivity index (χ4v) is 3.97. The van der Waals surface area contributed by atoms with Crippen molar-refractivity contribution < 1.29 is 36.3 Å². The van der Waals surface area contributed by atoms with E-state index in [9.17, 15) is 16.8 Å². The van der Waals surface area contributed by atoms with Gasteiger partial charge in [0.1, 0.15) is 0 Å². The van der Waals surface area contributed by atoms with Crippen molar-refractivity contribution in [3.05, 3.63) is 107 Å². The Kier molecular flexibility index (Phi) is 10.1. The van der Waals surface area contributed by atoms with Crippen LogP contribution in [0.5, 0.6) is 0 Å². The predicted octanol–water partition coefficient (Wildman–Crippen LogP) is 5.42. The van der Waals surface area contributed by atoms with Crippen LogP contribution in [0.3, 0.4) is 0 Å². The van der Waals surface area contributed by atoms with Crippen molar-refractivity contribution in [1.82, 2.24) is 9.97 Å². The molecule has 2 heterocycles. The number of benzene rings is 2. The average Bonchev–Trinajstić information content (AvgIpc) is 2.79. The van der Waals surface area contributed by atoms with Crippen molar-refractivity contribution >= 4 is 31.4 Å². The number of hydrogen-bond acceptors (Lipinski definition) is 6. The molecular formula is C24H22N4O4S2Zn. The van der Waals surface area contributed by atoms with Crippen molar-refractivity contribution in [2.45, 2.75) is 0 Å². The van der Waals surface area contributed by atoms with Crippen LogP contribution in [0.4, 0.5) is 11.4 Å². The van der Waals surface area contributed by atoms with E-state index in [0.717, 1.165) is 12.5 Å². The second-order valence-corrected chi connectivity index (χ2v) is 10.4. The molecule has 0 atom stereocenters. The minimum absolute atomic E-state index is 0. The van der Waals surface area contributed by atoms with Crippen LogP contribution in [0.25, 0.3) is 32.0 Å². The molecule has 0 saturated heterocycles. The summed E-state index contributed by atoms with van der Waals surface area (Å²) in [7, 11) is -6.82. The molecule has 2 aromatic carbocycles. The molecule has 0 fully saturated rings. The van der Waals surface area contributed by atoms with E-state index in [1.54, 1.807) is 60.9 Å². The van der Waals surface area contributed by atoms with Crippen molar-refractivity contribution in [1.29, 1.82) is 0 Å². The molecular weight excluding hydrogens is 538 g/mol. The van der Waals surface area contributed by atoms with Crippen molar-refractivity contribution in [3.63, 3.8) is 0 Å². The smallest absolute Gasteiger partial charge is 0.577 e. The monoisotopic (exact) mass is 558 g/mol. The van der Waals surface area contributed by atoms with Gasteiger partial charge in [-0.3, -0.25) is 9.97 Å². The van der Waals surface area contributed by atoms with Crippen LogP contribution in [0, 0.1) is 0 Å². The Balaban J connectivity index is 0.000000240. The Labute approximate surface area is 218 Å². The van der Waals surface area contributed by atoms with Gasteiger partial charge in [-0.2, -0.15) is 0 Å². The first-order valence-electron chi connectivity index (χ1n) is 9.99. The Morgan fingerprint density at radius 2 is 0.886 bits per heavy atom. The Bertz CT molecular complexity index is 1340. The number of hydrogen-bond donors (Lipinski definition) is 0. The maximum atomic E-state index is 11.2. The number of sulfonamides is 2. The van der Waals surface area contributed by atoms with Gasteiger partial charge in [-0.1, -0.05) is 60.7 Å². The quantitative estimate of drug-likeness (QED) is 0.290. The van der Waals surface area contributed by atoms with Gasteiger partial charge in [0.05, 0.1) is 31.4 Å². The van der Waals surface area contributed by atoms with Gasteiger partial charge in [0, 0.05) is 24.9 Å². The Morgan fingerprint density at radius 3 is 1.20 bits per heavy atom. The van der Waals surface area contributed by atoms with Gasteiger partial charge < -0.3 is 9.44 Å². The number of pyridine rings is 2. The maximum absolute atomic E-state index is 11.2. The molecule has 0 aliphatic carbocycles. The van der Waals surface area contributed by atoms with Gasteiger partial charge in [-0.15, -0.1) is 11.4 Å². The zero-order chi connectivity index (χ0) is 24.6. The average molecular weight is 560 g/mol. The van der Waals surface area contributed by atoms with Gasteiger partial charge in [-0.05, 0) is 35.4 Å². The summed E-state index contributed by atoms with van der Waals surface area (Å²) in [5.41, 5.74) is 3.64. The second-order valence-electron chi connectivity index (χ2n) is 7.11. The second kappa shape index (κ2) is 12.5. The number of aromatic nitrogens is 2. The predicted molar refractivity (Wildman–Crippen MR) is 135 cm³/mol. The minimum atomic E-state index is -3.41. The molecule has 0 saturated carbocycles. The van der Waals surface area contributed by atoms with E-state index in [0.29, 0.717) is 33.9 Å². The summed E-state index contributed by atoms with van der Waals surface area (Å²) in [4.78, 5) is 8.37. The number of rotatable bonds is 6. The topological polar surface area (TPSA) is 122 Å². The normalized spacial score (nSPS) is 10.8. The van der Waals surface area contributed by atoms with Gasteiger partial charge in [-0.25, -0.2) is 16.8 Å². The van der Waals surface area contributed by atoms with Crippen LogP contribution in [0.2, 0.25) is 0 Å². The molecule has 0 bridgehead atoms. The molecule has 4 aromatic rings. The summed E-state index contributed by atoms with van der Waals surface area (Å²) < 4.78 is 52.2. The summed E-state index contributed by atoms with van der Waals surface area (Å²) in [6, 6.07) is 25.0. The van der Waals surface area contributed by atoms with E-state index < -0.39 is 20.0 Å². The number of nitrogens with zero attached hydrogens (tertiary/aromatic N) is 4. The third-order valence-corrected chi connectivity index (χ3v) is 5.27. The van der Waals surface area contributed by atoms with Gasteiger partial charge in [0.15, 0.2) is 0 Å². The molecule has 11 heteroatoms. The van der Waals surface area contributed by atoms with Crippen LogP contribution in [-0.2, 0) is 39.5 Å². The minimum Gasteiger partial charge on any atom is -0.577 e. The molecule has 0 N–H and O–H groups in total. The standard InChI is InChI=1S/2C12H11N2O2S.Zn/c2*1-17(15,16)14-12-8-3-2-6-10(12)11-7-4-5-9-13-11;/h2*2-9H,1H3;/q2*-1;+2. The van der Waals surface area contributed by atoms with E-state index in [4.69, 9.17) is 0 Å². The summed E-state index contributed by atoms with van der Waals surface area (Å²) in [6.45, 7) is 0. The summed E-state index contributed by atoms with van der Waals surface area (Å²) in [5, 5.41) is 0. The Morgan fingerprint density at radius 1 is 0.543 bits per heavy atom. The molecule has 0 amide bonds. The zero-order valence-electron chi connectivity index (χ0n) is 19.2. The van der Waals surface area contributed by atoms with Crippen molar-refractivity contribution in [2.24, 2.45) is 0 Å². The van der Waals surface area contributed by atoms with E-state index >= 15 is 0 Å². The summed E-state index contributed by atoms with van der Waals surface area (Å²) in [5.74, 6) is 0. The molecule has 176 valence electrons. The molecule has 35 heavy (non-hydrogen) atoms. The van der Waals surface area contributed by atoms with Gasteiger partial charge >= 0.3 is 19.5 Å². The molecule has 4 rings (SSSR count). The van der Waals surface area contributed by atoms with Crippen molar-refractivity contribution in [3.8, 4) is 22.5 Å². The van der Waals surface area contributed by atoms with Crippen LogP contribution >= 0.6 is 0 Å². The third kappa shape index (κ3) is 9.20. The zero-order valence-corrected chi connectivity index (χ0v) is 23.8. The molecule has 0 aliphatic rings. The fourth-order valence-electron chi connectivity index (χ4n) is 2.94. The van der Waals surface area contributed by atoms with Crippen molar-refractivity contribution in [2.75, 3.05) is 12.5 Å². The maximum Gasteiger partial charge on any atom is 2.00 e. The van der Waals surface area contributed by atoms with E-state index in [-0.39, 0.29) is 19.5 Å². The molecule has 2 aromatic heterocycles. The van der Waals surface area contributed by atoms with Crippen LogP contribution < -0.4 is 0 Å². The molecule has 0 radical (unpaired) electrons. The molecule has 0 spiro atoms. The van der Waals surface area contributed by atoms with E-state index in [1.807, 2.05) is 36.4 Å². The molecule has 0 aliphatic heterocycles. The largest absolute Gasteiger partial charge is 2.00 e. The first-order chi connectivity index (χ1) is 16.1. The summed E-state index contributed by atoms with van der Waals surface area (Å²) >= 11 is 0. The van der Waals surface area contributed by atoms with E-state index in [2.05, 4.69) is 19.4 Å². The van der Waals surface area contributed by atoms with Crippen LogP contribution in [0.15, 0.2) is 97.3 Å². The van der Waals surface area contributed by atoms with Gasteiger partial charge in [0.25, 0.3) is 0 Å². The van der Waals surface area contributed by atoms with Crippen LogP contribution in [-0.4, -0.2) is 39.3 Å². The van der Waals surface area contributed by atoms with Gasteiger partial charge in [0.2, 0.25) is 0 Å². The molecule has 0 unspecified atom stereocenters.